The first-order valence-electron chi connectivity index (χ1n) is 10.2. The van der Waals surface area contributed by atoms with Crippen molar-refractivity contribution >= 4 is 11.0 Å². The third-order valence-electron chi connectivity index (χ3n) is 5.84. The largest absolute Gasteiger partial charge is 0.360 e. The van der Waals surface area contributed by atoms with Gasteiger partial charge in [-0.2, -0.15) is 9.94 Å². The van der Waals surface area contributed by atoms with Crippen LogP contribution in [0.4, 0.5) is 0 Å². The van der Waals surface area contributed by atoms with Gasteiger partial charge < -0.3 is 4.98 Å². The van der Waals surface area contributed by atoms with Gasteiger partial charge in [-0.05, 0) is 79.1 Å². The number of aromatic amines is 2. The van der Waals surface area contributed by atoms with Gasteiger partial charge in [0.1, 0.15) is 6.07 Å². The molecule has 4 aromatic rings. The maximum absolute atomic E-state index is 12.2. The Balaban J connectivity index is 1.53. The molecule has 0 saturated heterocycles. The van der Waals surface area contributed by atoms with E-state index in [9.17, 15) is 9.59 Å². The molecule has 1 aliphatic rings. The van der Waals surface area contributed by atoms with E-state index in [1.165, 1.54) is 18.4 Å². The van der Waals surface area contributed by atoms with Gasteiger partial charge in [-0.3, -0.25) is 14.8 Å². The van der Waals surface area contributed by atoms with Crippen LogP contribution >= 0.6 is 0 Å². The summed E-state index contributed by atoms with van der Waals surface area (Å²) in [5, 5.41) is 13.0. The molecule has 0 amide bonds. The number of nitrogens with one attached hydrogen (secondary N) is 2. The van der Waals surface area contributed by atoms with Crippen molar-refractivity contribution in [3.05, 3.63) is 84.9 Å². The van der Waals surface area contributed by atoms with E-state index in [0.29, 0.717) is 18.0 Å². The summed E-state index contributed by atoms with van der Waals surface area (Å²) in [6.45, 7) is 3.94. The van der Waals surface area contributed by atoms with Crippen molar-refractivity contribution in [2.24, 2.45) is 0 Å². The van der Waals surface area contributed by atoms with Crippen LogP contribution in [0.15, 0.2) is 40.1 Å². The first-order valence-corrected chi connectivity index (χ1v) is 10.2. The van der Waals surface area contributed by atoms with Crippen LogP contribution in [0.1, 0.15) is 52.4 Å². The van der Waals surface area contributed by atoms with Crippen LogP contribution in [0.3, 0.4) is 0 Å². The van der Waals surface area contributed by atoms with E-state index in [2.05, 4.69) is 27.3 Å². The molecule has 0 bridgehead atoms. The summed E-state index contributed by atoms with van der Waals surface area (Å²) in [5.41, 5.74) is 6.17. The lowest BCUT2D eigenvalue weighted by molar-refractivity contribution is 0.738. The summed E-state index contributed by atoms with van der Waals surface area (Å²) in [6, 6.07) is 9.49. The Morgan fingerprint density at radius 3 is 2.61 bits per heavy atom. The molecule has 5 rings (SSSR count). The number of hydrogen-bond donors (Lipinski definition) is 2. The van der Waals surface area contributed by atoms with Gasteiger partial charge in [0.25, 0.3) is 5.56 Å². The number of rotatable bonds is 4. The molecule has 1 aliphatic carbocycles. The fraction of sp³-hybridized carbons (Fsp3) is 0.261. The zero-order valence-corrected chi connectivity index (χ0v) is 17.2. The summed E-state index contributed by atoms with van der Waals surface area (Å²) in [4.78, 5) is 34.2. The fourth-order valence-corrected chi connectivity index (χ4v) is 4.06. The van der Waals surface area contributed by atoms with Gasteiger partial charge in [-0.25, -0.2) is 4.79 Å². The Bertz CT molecular complexity index is 1470. The van der Waals surface area contributed by atoms with Crippen LogP contribution in [0.25, 0.3) is 16.7 Å². The monoisotopic (exact) mass is 412 g/mol. The van der Waals surface area contributed by atoms with Gasteiger partial charge in [0.2, 0.25) is 5.69 Å². The number of pyridine rings is 1. The van der Waals surface area contributed by atoms with Crippen LogP contribution in [-0.4, -0.2) is 24.7 Å². The third-order valence-corrected chi connectivity index (χ3v) is 5.84. The van der Waals surface area contributed by atoms with Crippen LogP contribution < -0.4 is 11.2 Å². The third kappa shape index (κ3) is 3.34. The SMILES string of the molecule is Cc1cc(-n2nc(C#N)c(=O)[nH]c2=O)cc(C)c1Cc1ccc2[nH]cc(C3CC3)c2n1. The normalized spacial score (nSPS) is 13.5. The summed E-state index contributed by atoms with van der Waals surface area (Å²) in [6.07, 6.45) is 5.20. The highest BCUT2D eigenvalue weighted by atomic mass is 16.2. The Morgan fingerprint density at radius 1 is 1.19 bits per heavy atom. The molecule has 0 spiro atoms. The average molecular weight is 412 g/mol. The van der Waals surface area contributed by atoms with Crippen molar-refractivity contribution in [1.82, 2.24) is 24.7 Å². The second kappa shape index (κ2) is 7.06. The molecule has 31 heavy (non-hydrogen) atoms. The van der Waals surface area contributed by atoms with Gasteiger partial charge in [-0.15, -0.1) is 5.10 Å². The average Bonchev–Trinajstić information content (AvgIpc) is 3.50. The Morgan fingerprint density at radius 2 is 1.94 bits per heavy atom. The minimum absolute atomic E-state index is 0.352. The van der Waals surface area contributed by atoms with E-state index in [-0.39, 0.29) is 5.69 Å². The van der Waals surface area contributed by atoms with Gasteiger partial charge >= 0.3 is 5.69 Å². The van der Waals surface area contributed by atoms with E-state index in [1.54, 1.807) is 6.07 Å². The molecule has 0 atom stereocenters. The molecule has 3 aromatic heterocycles. The summed E-state index contributed by atoms with van der Waals surface area (Å²) >= 11 is 0. The smallest absolute Gasteiger partial charge is 0.349 e. The molecule has 1 fully saturated rings. The number of aromatic nitrogens is 5. The van der Waals surface area contributed by atoms with Crippen LogP contribution in [0.5, 0.6) is 0 Å². The minimum atomic E-state index is -0.786. The van der Waals surface area contributed by atoms with E-state index >= 15 is 0 Å². The van der Waals surface area contributed by atoms with Gasteiger partial charge in [-0.1, -0.05) is 0 Å². The Labute approximate surface area is 177 Å². The van der Waals surface area contributed by atoms with Crippen LogP contribution in [0.2, 0.25) is 0 Å². The number of fused-ring (bicyclic) bond motifs is 1. The molecule has 0 radical (unpaired) electrons. The molecule has 3 heterocycles. The zero-order chi connectivity index (χ0) is 21.7. The number of benzene rings is 1. The minimum Gasteiger partial charge on any atom is -0.360 e. The predicted octanol–water partition coefficient (Wildman–Crippen LogP) is 2.75. The van der Waals surface area contributed by atoms with Crippen LogP contribution in [-0.2, 0) is 6.42 Å². The first-order chi connectivity index (χ1) is 14.9. The molecule has 1 aromatic carbocycles. The standard InChI is InChI=1S/C23H20N6O2/c1-12-7-16(29-23(31)27-22(30)20(10-24)28-29)8-13(2)17(12)9-15-5-6-19-21(26-15)18(11-25-19)14-3-4-14/h5-8,11,14,25H,3-4,9H2,1-2H3,(H,27,30,31). The van der Waals surface area contributed by atoms with Gasteiger partial charge in [0.05, 0.1) is 16.7 Å². The number of hydrogen-bond acceptors (Lipinski definition) is 5. The Hall–Kier alpha value is -3.99. The number of nitriles is 1. The van der Waals surface area contributed by atoms with Crippen molar-refractivity contribution in [3.8, 4) is 11.8 Å². The topological polar surface area (TPSA) is 120 Å². The quantitative estimate of drug-likeness (QED) is 0.534. The molecule has 8 nitrogen and oxygen atoms in total. The lowest BCUT2D eigenvalue weighted by Gasteiger charge is -2.13. The maximum atomic E-state index is 12.2. The van der Waals surface area contributed by atoms with Gasteiger partial charge in [0, 0.05) is 18.3 Å². The van der Waals surface area contributed by atoms with E-state index in [1.807, 2.05) is 32.0 Å². The lowest BCUT2D eigenvalue weighted by Crippen LogP contribution is -2.33. The summed E-state index contributed by atoms with van der Waals surface area (Å²) < 4.78 is 1.05. The fourth-order valence-electron chi connectivity index (χ4n) is 4.06. The predicted molar refractivity (Wildman–Crippen MR) is 116 cm³/mol. The van der Waals surface area contributed by atoms with E-state index in [0.717, 1.165) is 38.1 Å². The van der Waals surface area contributed by atoms with Gasteiger partial charge in [0.15, 0.2) is 0 Å². The van der Waals surface area contributed by atoms with Crippen molar-refractivity contribution in [1.29, 1.82) is 5.26 Å². The lowest BCUT2D eigenvalue weighted by atomic mass is 9.97. The van der Waals surface area contributed by atoms with Crippen molar-refractivity contribution in [3.63, 3.8) is 0 Å². The molecular weight excluding hydrogens is 392 g/mol. The molecule has 2 N–H and O–H groups in total. The second-order valence-electron chi connectivity index (χ2n) is 8.08. The summed E-state index contributed by atoms with van der Waals surface area (Å²) in [5.74, 6) is 0.626. The van der Waals surface area contributed by atoms with E-state index < -0.39 is 11.2 Å². The van der Waals surface area contributed by atoms with Crippen LogP contribution in [0, 0.1) is 25.2 Å². The zero-order valence-electron chi connectivity index (χ0n) is 17.2. The Kier molecular flexibility index (Phi) is 4.33. The van der Waals surface area contributed by atoms with Crippen molar-refractivity contribution in [2.45, 2.75) is 39.0 Å². The highest BCUT2D eigenvalue weighted by Gasteiger charge is 2.27. The second-order valence-corrected chi connectivity index (χ2v) is 8.08. The molecule has 0 unspecified atom stereocenters. The van der Waals surface area contributed by atoms with Crippen molar-refractivity contribution in [2.75, 3.05) is 0 Å². The first kappa shape index (κ1) is 19.0. The number of nitrogens with zero attached hydrogens (tertiary/aromatic N) is 4. The highest BCUT2D eigenvalue weighted by molar-refractivity contribution is 5.80. The summed E-state index contributed by atoms with van der Waals surface area (Å²) in [7, 11) is 0. The molecular formula is C23H20N6O2. The number of H-pyrrole nitrogens is 2. The maximum Gasteiger partial charge on any atom is 0.349 e. The number of aryl methyl sites for hydroxylation is 2. The molecule has 154 valence electrons. The molecule has 8 heteroatoms. The van der Waals surface area contributed by atoms with E-state index in [4.69, 9.17) is 10.2 Å². The highest BCUT2D eigenvalue weighted by Crippen LogP contribution is 2.42. The molecule has 1 saturated carbocycles. The molecule has 0 aliphatic heterocycles. The van der Waals surface area contributed by atoms with Crippen molar-refractivity contribution < 1.29 is 0 Å².